The van der Waals surface area contributed by atoms with E-state index < -0.39 is 0 Å². The van der Waals surface area contributed by atoms with Crippen LogP contribution in [-0.4, -0.2) is 66.4 Å². The smallest absolute Gasteiger partial charge is 0.242 e. The second-order valence-corrected chi connectivity index (χ2v) is 11.3. The predicted octanol–water partition coefficient (Wildman–Crippen LogP) is 3.40. The van der Waals surface area contributed by atoms with E-state index in [2.05, 4.69) is 24.1 Å². The summed E-state index contributed by atoms with van der Waals surface area (Å²) >= 11 is 0. The fourth-order valence-electron chi connectivity index (χ4n) is 6.38. The van der Waals surface area contributed by atoms with Crippen LogP contribution in [0.15, 0.2) is 0 Å². The maximum atomic E-state index is 13.2. The van der Waals surface area contributed by atoms with E-state index in [1.54, 1.807) is 6.92 Å². The Labute approximate surface area is 196 Å². The fourth-order valence-corrected chi connectivity index (χ4v) is 6.38. The van der Waals surface area contributed by atoms with Crippen molar-refractivity contribution in [1.29, 1.82) is 0 Å². The third-order valence-electron chi connectivity index (χ3n) is 8.11. The van der Waals surface area contributed by atoms with Crippen molar-refractivity contribution in [3.05, 3.63) is 0 Å². The number of amides is 2. The van der Waals surface area contributed by atoms with Crippen LogP contribution in [0.3, 0.4) is 0 Å². The predicted molar refractivity (Wildman–Crippen MR) is 130 cm³/mol. The highest BCUT2D eigenvalue weighted by Gasteiger charge is 2.41. The highest BCUT2D eigenvalue weighted by atomic mass is 16.2. The van der Waals surface area contributed by atoms with E-state index in [4.69, 9.17) is 5.73 Å². The Morgan fingerprint density at radius 3 is 2.34 bits per heavy atom. The zero-order valence-electron chi connectivity index (χ0n) is 20.9. The third-order valence-corrected chi connectivity index (χ3v) is 8.11. The topological polar surface area (TPSA) is 78.7 Å². The van der Waals surface area contributed by atoms with Crippen LogP contribution < -0.4 is 11.1 Å². The van der Waals surface area contributed by atoms with Crippen molar-refractivity contribution >= 4 is 11.8 Å². The Kier molecular flexibility index (Phi) is 9.84. The lowest BCUT2D eigenvalue weighted by molar-refractivity contribution is -0.137. The Bertz CT molecular complexity index is 605. The standard InChI is InChI=1S/C26H48N4O2/c1-19(2)16-29(17-21-8-5-4-6-9-21)24-13-25(30(18-24)20(3)31)26(32)28-15-23-11-7-10-22(12-23)14-27/h19,21-25H,4-18,27H2,1-3H3,(H,28,32). The van der Waals surface area contributed by atoms with Crippen molar-refractivity contribution in [2.24, 2.45) is 29.4 Å². The first-order valence-corrected chi connectivity index (χ1v) is 13.4. The molecule has 1 heterocycles. The van der Waals surface area contributed by atoms with Crippen molar-refractivity contribution in [3.8, 4) is 0 Å². The number of nitrogens with one attached hydrogen (secondary N) is 1. The first kappa shape index (κ1) is 25.5. The van der Waals surface area contributed by atoms with Gasteiger partial charge in [0.1, 0.15) is 6.04 Å². The Balaban J connectivity index is 1.59. The molecule has 3 aliphatic rings. The van der Waals surface area contributed by atoms with Crippen LogP contribution in [0.1, 0.15) is 85.0 Å². The number of hydrogen-bond donors (Lipinski definition) is 2. The summed E-state index contributed by atoms with van der Waals surface area (Å²) in [5.41, 5.74) is 5.88. The van der Waals surface area contributed by atoms with Crippen LogP contribution >= 0.6 is 0 Å². The number of carbonyl (C=O) groups excluding carboxylic acids is 2. The third kappa shape index (κ3) is 7.18. The molecule has 6 nitrogen and oxygen atoms in total. The number of rotatable bonds is 9. The molecular formula is C26H48N4O2. The van der Waals surface area contributed by atoms with Gasteiger partial charge in [-0.1, -0.05) is 39.5 Å². The van der Waals surface area contributed by atoms with Crippen molar-refractivity contribution in [2.75, 3.05) is 32.7 Å². The number of carbonyl (C=O) groups is 2. The molecule has 3 rings (SSSR count). The van der Waals surface area contributed by atoms with Gasteiger partial charge in [0.2, 0.25) is 11.8 Å². The first-order valence-electron chi connectivity index (χ1n) is 13.4. The summed E-state index contributed by atoms with van der Waals surface area (Å²) in [5.74, 6) is 2.53. The number of nitrogens with zero attached hydrogens (tertiary/aromatic N) is 2. The summed E-state index contributed by atoms with van der Waals surface area (Å²) in [7, 11) is 0. The van der Waals surface area contributed by atoms with E-state index in [9.17, 15) is 9.59 Å². The Morgan fingerprint density at radius 2 is 1.69 bits per heavy atom. The minimum absolute atomic E-state index is 0.0238. The summed E-state index contributed by atoms with van der Waals surface area (Å²) in [4.78, 5) is 30.1. The van der Waals surface area contributed by atoms with E-state index in [0.717, 1.165) is 44.9 Å². The lowest BCUT2D eigenvalue weighted by Crippen LogP contribution is -2.46. The molecule has 0 aromatic rings. The van der Waals surface area contributed by atoms with Crippen molar-refractivity contribution in [3.63, 3.8) is 0 Å². The normalized spacial score (nSPS) is 29.6. The van der Waals surface area contributed by atoms with Crippen LogP contribution in [0, 0.1) is 23.7 Å². The minimum Gasteiger partial charge on any atom is -0.354 e. The molecule has 4 unspecified atom stereocenters. The van der Waals surface area contributed by atoms with Gasteiger partial charge in [-0.05, 0) is 68.7 Å². The number of nitrogens with two attached hydrogens (primary N) is 1. The van der Waals surface area contributed by atoms with E-state index in [1.165, 1.54) is 51.4 Å². The highest BCUT2D eigenvalue weighted by Crippen LogP contribution is 2.30. The maximum absolute atomic E-state index is 13.2. The molecule has 2 saturated carbocycles. The number of likely N-dealkylation sites (tertiary alicyclic amines) is 1. The van der Waals surface area contributed by atoms with Gasteiger partial charge in [0.25, 0.3) is 0 Å². The van der Waals surface area contributed by atoms with Gasteiger partial charge in [-0.3, -0.25) is 14.5 Å². The zero-order chi connectivity index (χ0) is 23.1. The molecule has 0 radical (unpaired) electrons. The molecule has 0 spiro atoms. The minimum atomic E-state index is -0.326. The SMILES string of the molecule is CC(=O)N1CC(N(CC(C)C)CC2CCCCC2)CC1C(=O)NCC1CCCC(CN)C1. The molecule has 32 heavy (non-hydrogen) atoms. The van der Waals surface area contributed by atoms with Crippen LogP contribution in [0.5, 0.6) is 0 Å². The van der Waals surface area contributed by atoms with Crippen LogP contribution in [0.25, 0.3) is 0 Å². The Hall–Kier alpha value is -1.14. The van der Waals surface area contributed by atoms with Gasteiger partial charge in [-0.15, -0.1) is 0 Å². The van der Waals surface area contributed by atoms with Gasteiger partial charge in [0.15, 0.2) is 0 Å². The van der Waals surface area contributed by atoms with Crippen molar-refractivity contribution in [2.45, 2.75) is 97.1 Å². The molecule has 184 valence electrons. The second kappa shape index (κ2) is 12.4. The Morgan fingerprint density at radius 1 is 1.00 bits per heavy atom. The van der Waals surface area contributed by atoms with E-state index in [0.29, 0.717) is 24.3 Å². The molecule has 1 aliphatic heterocycles. The molecule has 1 saturated heterocycles. The maximum Gasteiger partial charge on any atom is 0.242 e. The molecule has 2 amide bonds. The average Bonchev–Trinajstić information content (AvgIpc) is 3.24. The van der Waals surface area contributed by atoms with Gasteiger partial charge in [0.05, 0.1) is 0 Å². The lowest BCUT2D eigenvalue weighted by Gasteiger charge is -2.35. The fraction of sp³-hybridized carbons (Fsp3) is 0.923. The largest absolute Gasteiger partial charge is 0.354 e. The highest BCUT2D eigenvalue weighted by molar-refractivity contribution is 5.87. The quantitative estimate of drug-likeness (QED) is 0.567. The van der Waals surface area contributed by atoms with Crippen molar-refractivity contribution in [1.82, 2.24) is 15.1 Å². The van der Waals surface area contributed by atoms with Crippen LogP contribution in [0.2, 0.25) is 0 Å². The molecule has 3 N–H and O–H groups in total. The summed E-state index contributed by atoms with van der Waals surface area (Å²) in [6.45, 7) is 10.5. The summed E-state index contributed by atoms with van der Waals surface area (Å²) in [6.07, 6.45) is 12.2. The van der Waals surface area contributed by atoms with Gasteiger partial charge in [-0.2, -0.15) is 0 Å². The second-order valence-electron chi connectivity index (χ2n) is 11.3. The van der Waals surface area contributed by atoms with E-state index in [1.807, 2.05) is 4.90 Å². The van der Waals surface area contributed by atoms with Crippen LogP contribution in [0.4, 0.5) is 0 Å². The van der Waals surface area contributed by atoms with E-state index in [-0.39, 0.29) is 23.9 Å². The molecule has 3 fully saturated rings. The van der Waals surface area contributed by atoms with Gasteiger partial charge < -0.3 is 16.0 Å². The molecule has 0 aromatic carbocycles. The summed E-state index contributed by atoms with van der Waals surface area (Å²) < 4.78 is 0. The summed E-state index contributed by atoms with van der Waals surface area (Å²) in [5, 5.41) is 3.21. The molecule has 4 atom stereocenters. The van der Waals surface area contributed by atoms with Crippen molar-refractivity contribution < 1.29 is 9.59 Å². The number of hydrogen-bond acceptors (Lipinski definition) is 4. The monoisotopic (exact) mass is 448 g/mol. The molecule has 6 heteroatoms. The van der Waals surface area contributed by atoms with Gasteiger partial charge >= 0.3 is 0 Å². The summed E-state index contributed by atoms with van der Waals surface area (Å²) in [6, 6.07) is -0.0392. The van der Waals surface area contributed by atoms with E-state index >= 15 is 0 Å². The lowest BCUT2D eigenvalue weighted by atomic mass is 9.81. The average molecular weight is 449 g/mol. The molecule has 2 aliphatic carbocycles. The van der Waals surface area contributed by atoms with Crippen LogP contribution in [-0.2, 0) is 9.59 Å². The zero-order valence-corrected chi connectivity index (χ0v) is 20.9. The first-order chi connectivity index (χ1) is 15.4. The molecule has 0 bridgehead atoms. The van der Waals surface area contributed by atoms with Gasteiger partial charge in [0, 0.05) is 39.1 Å². The molecule has 0 aromatic heterocycles. The molecular weight excluding hydrogens is 400 g/mol. The van der Waals surface area contributed by atoms with Gasteiger partial charge in [-0.25, -0.2) is 0 Å².